The van der Waals surface area contributed by atoms with E-state index < -0.39 is 0 Å². The maximum atomic E-state index is 12.2. The number of para-hydroxylation sites is 1. The highest BCUT2D eigenvalue weighted by atomic mass is 16.5. The second-order valence-electron chi connectivity index (χ2n) is 7.17. The highest BCUT2D eigenvalue weighted by Crippen LogP contribution is 2.32. The Bertz CT molecular complexity index is 867. The average molecular weight is 393 g/mol. The summed E-state index contributed by atoms with van der Waals surface area (Å²) < 4.78 is 11.7. The molecule has 0 radical (unpaired) electrons. The minimum atomic E-state index is -0.308. The normalized spacial score (nSPS) is 14.9. The first-order chi connectivity index (χ1) is 14.2. The summed E-state index contributed by atoms with van der Waals surface area (Å²) in [6.45, 7) is 0. The highest BCUT2D eigenvalue weighted by Gasteiger charge is 2.16. The van der Waals surface area contributed by atoms with Gasteiger partial charge in [-0.3, -0.25) is 9.59 Å². The fraction of sp³-hybridized carbons (Fsp3) is 0.333. The monoisotopic (exact) mass is 393 g/mol. The van der Waals surface area contributed by atoms with Crippen molar-refractivity contribution in [1.29, 1.82) is 0 Å². The van der Waals surface area contributed by atoms with Crippen LogP contribution in [0.4, 0.5) is 5.69 Å². The van der Waals surface area contributed by atoms with Crippen LogP contribution in [0, 0.1) is 0 Å². The van der Waals surface area contributed by atoms with Crippen molar-refractivity contribution in [3.05, 3.63) is 59.7 Å². The first-order valence-electron chi connectivity index (χ1n) is 10.1. The van der Waals surface area contributed by atoms with Crippen LogP contribution in [0.5, 0.6) is 11.5 Å². The Labute approximate surface area is 171 Å². The molecule has 0 aliphatic heterocycles. The molecule has 3 rings (SSSR count). The molecule has 152 valence electrons. The van der Waals surface area contributed by atoms with E-state index in [1.54, 1.807) is 37.5 Å². The standard InChI is InChI=1S/C24H27NO4/c1-28-23-16-18(12-14-22(23)29-20-9-4-2-3-5-10-20)13-15-24(27)25-21-11-7-6-8-19(21)17-26/h6-8,11-17,20H,2-5,9-10H2,1H3,(H,25,27)/b15-13+. The Morgan fingerprint density at radius 3 is 2.52 bits per heavy atom. The number of hydrogen-bond donors (Lipinski definition) is 1. The van der Waals surface area contributed by atoms with Crippen molar-refractivity contribution in [2.24, 2.45) is 0 Å². The van der Waals surface area contributed by atoms with E-state index in [0.717, 1.165) is 30.4 Å². The first kappa shape index (κ1) is 20.6. The van der Waals surface area contributed by atoms with Crippen LogP contribution >= 0.6 is 0 Å². The second kappa shape index (κ2) is 10.5. The van der Waals surface area contributed by atoms with Gasteiger partial charge in [0.25, 0.3) is 0 Å². The molecular formula is C24H27NO4. The number of anilines is 1. The third-order valence-corrected chi connectivity index (χ3v) is 5.06. The highest BCUT2D eigenvalue weighted by molar-refractivity contribution is 6.04. The Morgan fingerprint density at radius 1 is 1.03 bits per heavy atom. The van der Waals surface area contributed by atoms with Crippen LogP contribution in [0.15, 0.2) is 48.5 Å². The molecule has 1 amide bonds. The molecule has 5 heteroatoms. The predicted molar refractivity (Wildman–Crippen MR) is 115 cm³/mol. The molecule has 29 heavy (non-hydrogen) atoms. The number of nitrogens with one attached hydrogen (secondary N) is 1. The summed E-state index contributed by atoms with van der Waals surface area (Å²) in [4.78, 5) is 23.3. The Kier molecular flexibility index (Phi) is 7.45. The molecule has 2 aromatic carbocycles. The zero-order valence-corrected chi connectivity index (χ0v) is 16.7. The van der Waals surface area contributed by atoms with Crippen molar-refractivity contribution < 1.29 is 19.1 Å². The third kappa shape index (κ3) is 5.95. The molecule has 5 nitrogen and oxygen atoms in total. The molecule has 1 saturated carbocycles. The predicted octanol–water partition coefficient (Wildman–Crippen LogP) is 5.26. The van der Waals surface area contributed by atoms with Gasteiger partial charge in [0.15, 0.2) is 17.8 Å². The van der Waals surface area contributed by atoms with Gasteiger partial charge in [-0.15, -0.1) is 0 Å². The number of benzene rings is 2. The van der Waals surface area contributed by atoms with E-state index in [1.165, 1.54) is 31.8 Å². The number of ether oxygens (including phenoxy) is 2. The summed E-state index contributed by atoms with van der Waals surface area (Å²) in [5, 5.41) is 2.72. The zero-order valence-electron chi connectivity index (χ0n) is 16.7. The zero-order chi connectivity index (χ0) is 20.5. The maximum Gasteiger partial charge on any atom is 0.248 e. The van der Waals surface area contributed by atoms with E-state index in [4.69, 9.17) is 9.47 Å². The fourth-order valence-corrected chi connectivity index (χ4v) is 3.48. The lowest BCUT2D eigenvalue weighted by Crippen LogP contribution is -2.15. The van der Waals surface area contributed by atoms with E-state index in [2.05, 4.69) is 5.32 Å². The molecule has 1 fully saturated rings. The molecule has 0 heterocycles. The van der Waals surface area contributed by atoms with Gasteiger partial charge >= 0.3 is 0 Å². The number of aldehydes is 1. The molecule has 0 bridgehead atoms. The third-order valence-electron chi connectivity index (χ3n) is 5.06. The molecule has 0 saturated heterocycles. The lowest BCUT2D eigenvalue weighted by Gasteiger charge is -2.19. The lowest BCUT2D eigenvalue weighted by molar-refractivity contribution is -0.111. The first-order valence-corrected chi connectivity index (χ1v) is 10.1. The maximum absolute atomic E-state index is 12.2. The van der Waals surface area contributed by atoms with Gasteiger partial charge in [0, 0.05) is 11.6 Å². The van der Waals surface area contributed by atoms with Crippen LogP contribution in [-0.2, 0) is 4.79 Å². The Morgan fingerprint density at radius 2 is 1.79 bits per heavy atom. The fourth-order valence-electron chi connectivity index (χ4n) is 3.48. The number of carbonyl (C=O) groups is 2. The van der Waals surface area contributed by atoms with Crippen LogP contribution in [0.3, 0.4) is 0 Å². The summed E-state index contributed by atoms with van der Waals surface area (Å²) in [5.41, 5.74) is 1.76. The second-order valence-corrected chi connectivity index (χ2v) is 7.17. The van der Waals surface area contributed by atoms with Gasteiger partial charge < -0.3 is 14.8 Å². The van der Waals surface area contributed by atoms with Crippen molar-refractivity contribution in [3.63, 3.8) is 0 Å². The number of carbonyl (C=O) groups excluding carboxylic acids is 2. The van der Waals surface area contributed by atoms with Gasteiger partial charge in [0.2, 0.25) is 5.91 Å². The van der Waals surface area contributed by atoms with Crippen molar-refractivity contribution in [2.45, 2.75) is 44.6 Å². The van der Waals surface area contributed by atoms with E-state index in [0.29, 0.717) is 17.0 Å². The summed E-state index contributed by atoms with van der Waals surface area (Å²) in [7, 11) is 1.62. The van der Waals surface area contributed by atoms with E-state index in [-0.39, 0.29) is 12.0 Å². The van der Waals surface area contributed by atoms with E-state index >= 15 is 0 Å². The van der Waals surface area contributed by atoms with Gasteiger partial charge in [-0.25, -0.2) is 0 Å². The summed E-state index contributed by atoms with van der Waals surface area (Å²) in [5.74, 6) is 1.08. The molecule has 0 atom stereocenters. The van der Waals surface area contributed by atoms with Crippen LogP contribution < -0.4 is 14.8 Å². The SMILES string of the molecule is COc1cc(/C=C/C(=O)Nc2ccccc2C=O)ccc1OC1CCCCCC1. The number of hydrogen-bond acceptors (Lipinski definition) is 4. The molecule has 1 N–H and O–H groups in total. The average Bonchev–Trinajstić information content (AvgIpc) is 3.02. The quantitative estimate of drug-likeness (QED) is 0.396. The summed E-state index contributed by atoms with van der Waals surface area (Å²) in [6.07, 6.45) is 11.2. The van der Waals surface area contributed by atoms with Gasteiger partial charge in [0.1, 0.15) is 0 Å². The van der Waals surface area contributed by atoms with Crippen LogP contribution in [0.2, 0.25) is 0 Å². The molecule has 2 aromatic rings. The lowest BCUT2D eigenvalue weighted by atomic mass is 10.1. The molecular weight excluding hydrogens is 366 g/mol. The number of rotatable bonds is 7. The largest absolute Gasteiger partial charge is 0.493 e. The Hall–Kier alpha value is -3.08. The smallest absolute Gasteiger partial charge is 0.248 e. The Balaban J connectivity index is 1.65. The van der Waals surface area contributed by atoms with E-state index in [9.17, 15) is 9.59 Å². The van der Waals surface area contributed by atoms with Gasteiger partial charge in [-0.2, -0.15) is 0 Å². The molecule has 0 aromatic heterocycles. The summed E-state index contributed by atoms with van der Waals surface area (Å²) >= 11 is 0. The van der Waals surface area contributed by atoms with Crippen molar-refractivity contribution in [3.8, 4) is 11.5 Å². The summed E-state index contributed by atoms with van der Waals surface area (Å²) in [6, 6.07) is 12.5. The van der Waals surface area contributed by atoms with Crippen LogP contribution in [0.1, 0.15) is 54.4 Å². The van der Waals surface area contributed by atoms with Gasteiger partial charge in [-0.1, -0.05) is 31.0 Å². The van der Waals surface area contributed by atoms with Crippen molar-refractivity contribution in [2.75, 3.05) is 12.4 Å². The van der Waals surface area contributed by atoms with Crippen LogP contribution in [0.25, 0.3) is 6.08 Å². The molecule has 0 unspecified atom stereocenters. The minimum absolute atomic E-state index is 0.233. The molecule has 1 aliphatic rings. The van der Waals surface area contributed by atoms with Gasteiger partial charge in [-0.05, 0) is 61.6 Å². The molecule has 0 spiro atoms. The van der Waals surface area contributed by atoms with E-state index in [1.807, 2.05) is 18.2 Å². The van der Waals surface area contributed by atoms with Crippen LogP contribution in [-0.4, -0.2) is 25.4 Å². The van der Waals surface area contributed by atoms with Crippen molar-refractivity contribution >= 4 is 24.0 Å². The van der Waals surface area contributed by atoms with Gasteiger partial charge in [0.05, 0.1) is 18.9 Å². The van der Waals surface area contributed by atoms with Crippen molar-refractivity contribution in [1.82, 2.24) is 0 Å². The topological polar surface area (TPSA) is 64.6 Å². The minimum Gasteiger partial charge on any atom is -0.493 e. The number of amides is 1. The molecule has 1 aliphatic carbocycles. The number of methoxy groups -OCH3 is 1.